The van der Waals surface area contributed by atoms with Crippen molar-refractivity contribution in [2.24, 2.45) is 0 Å². The van der Waals surface area contributed by atoms with Crippen molar-refractivity contribution in [3.63, 3.8) is 0 Å². The van der Waals surface area contributed by atoms with Gasteiger partial charge >= 0.3 is 0 Å². The van der Waals surface area contributed by atoms with Crippen LogP contribution in [0.1, 0.15) is 5.56 Å². The smallest absolute Gasteiger partial charge is 0.284 e. The van der Waals surface area contributed by atoms with Gasteiger partial charge in [-0.1, -0.05) is 0 Å². The molecule has 78 valence electrons. The fraction of sp³-hybridized carbons (Fsp3) is 0.600. The third-order valence-corrected chi connectivity index (χ3v) is 2.34. The van der Waals surface area contributed by atoms with Crippen molar-refractivity contribution >= 4 is 0 Å². The summed E-state index contributed by atoms with van der Waals surface area (Å²) in [7, 11) is 1.61. The van der Waals surface area contributed by atoms with Gasteiger partial charge in [-0.25, -0.2) is 0 Å². The molecule has 4 heteroatoms. The molecule has 0 aromatic carbocycles. The van der Waals surface area contributed by atoms with E-state index in [1.807, 2.05) is 6.07 Å². The summed E-state index contributed by atoms with van der Waals surface area (Å²) in [6.45, 7) is 4.56. The van der Waals surface area contributed by atoms with Crippen LogP contribution in [0.5, 0.6) is 5.95 Å². The molecule has 1 aromatic heterocycles. The van der Waals surface area contributed by atoms with Crippen molar-refractivity contribution in [1.82, 2.24) is 4.90 Å². The lowest BCUT2D eigenvalue weighted by atomic mass is 10.3. The predicted octanol–water partition coefficient (Wildman–Crippen LogP) is 1.12. The standard InChI is InChI=1S/C10H15NO3/c1-12-10-6-9(8-14-10)7-11-2-4-13-5-3-11/h6,8H,2-5,7H2,1H3. The van der Waals surface area contributed by atoms with Crippen LogP contribution in [-0.2, 0) is 11.3 Å². The molecule has 1 aliphatic heterocycles. The van der Waals surface area contributed by atoms with Gasteiger partial charge in [0.2, 0.25) is 0 Å². The minimum atomic E-state index is 0.577. The molecule has 2 rings (SSSR count). The zero-order valence-electron chi connectivity index (χ0n) is 8.36. The van der Waals surface area contributed by atoms with Crippen LogP contribution in [0.25, 0.3) is 0 Å². The van der Waals surface area contributed by atoms with Crippen LogP contribution < -0.4 is 4.74 Å². The molecule has 0 bridgehead atoms. The Morgan fingerprint density at radius 3 is 2.86 bits per heavy atom. The maximum absolute atomic E-state index is 5.27. The number of rotatable bonds is 3. The molecule has 1 aromatic rings. The second-order valence-electron chi connectivity index (χ2n) is 3.37. The maximum atomic E-state index is 5.27. The zero-order chi connectivity index (χ0) is 9.80. The Balaban J connectivity index is 1.89. The number of furan rings is 1. The van der Waals surface area contributed by atoms with Crippen molar-refractivity contribution in [2.45, 2.75) is 6.54 Å². The maximum Gasteiger partial charge on any atom is 0.284 e. The highest BCUT2D eigenvalue weighted by Crippen LogP contribution is 2.17. The second-order valence-corrected chi connectivity index (χ2v) is 3.37. The van der Waals surface area contributed by atoms with Crippen molar-refractivity contribution in [2.75, 3.05) is 33.4 Å². The van der Waals surface area contributed by atoms with Gasteiger partial charge in [0.1, 0.15) is 0 Å². The summed E-state index contributed by atoms with van der Waals surface area (Å²) in [4.78, 5) is 2.34. The summed E-state index contributed by atoms with van der Waals surface area (Å²) in [5.41, 5.74) is 1.16. The van der Waals surface area contributed by atoms with Gasteiger partial charge in [0, 0.05) is 31.3 Å². The summed E-state index contributed by atoms with van der Waals surface area (Å²) in [6, 6.07) is 1.93. The van der Waals surface area contributed by atoms with Crippen molar-refractivity contribution < 1.29 is 13.9 Å². The van der Waals surface area contributed by atoms with Gasteiger partial charge in [-0.05, 0) is 0 Å². The highest BCUT2D eigenvalue weighted by atomic mass is 16.6. The lowest BCUT2D eigenvalue weighted by Gasteiger charge is -2.25. The molecule has 1 aliphatic rings. The first kappa shape index (κ1) is 9.55. The normalized spacial score (nSPS) is 18.4. The highest BCUT2D eigenvalue weighted by molar-refractivity contribution is 5.16. The van der Waals surface area contributed by atoms with E-state index in [9.17, 15) is 0 Å². The molecule has 1 fully saturated rings. The molecule has 14 heavy (non-hydrogen) atoms. The average Bonchev–Trinajstić information content (AvgIpc) is 2.67. The summed E-state index contributed by atoms with van der Waals surface area (Å²) < 4.78 is 15.4. The molecule has 4 nitrogen and oxygen atoms in total. The molecule has 0 N–H and O–H groups in total. The van der Waals surface area contributed by atoms with E-state index in [-0.39, 0.29) is 0 Å². The summed E-state index contributed by atoms with van der Waals surface area (Å²) >= 11 is 0. The fourth-order valence-corrected chi connectivity index (χ4v) is 1.56. The van der Waals surface area contributed by atoms with Gasteiger partial charge in [-0.3, -0.25) is 4.90 Å². The minimum absolute atomic E-state index is 0.577. The zero-order valence-corrected chi connectivity index (χ0v) is 8.36. The first-order valence-electron chi connectivity index (χ1n) is 4.80. The first-order chi connectivity index (χ1) is 6.88. The topological polar surface area (TPSA) is 34.8 Å². The number of morpholine rings is 1. The van der Waals surface area contributed by atoms with Crippen molar-refractivity contribution in [1.29, 1.82) is 0 Å². The minimum Gasteiger partial charge on any atom is -0.468 e. The Morgan fingerprint density at radius 2 is 2.21 bits per heavy atom. The number of ether oxygens (including phenoxy) is 2. The van der Waals surface area contributed by atoms with Gasteiger partial charge in [-0.15, -0.1) is 0 Å². The molecule has 0 amide bonds. The lowest BCUT2D eigenvalue weighted by Crippen LogP contribution is -2.35. The first-order valence-corrected chi connectivity index (χ1v) is 4.80. The van der Waals surface area contributed by atoms with E-state index in [4.69, 9.17) is 13.9 Å². The van der Waals surface area contributed by atoms with Crippen LogP contribution in [-0.4, -0.2) is 38.3 Å². The molecule has 0 aliphatic carbocycles. The quantitative estimate of drug-likeness (QED) is 0.727. The molecule has 0 saturated carbocycles. The number of hydrogen-bond donors (Lipinski definition) is 0. The third-order valence-electron chi connectivity index (χ3n) is 2.34. The summed E-state index contributed by atoms with van der Waals surface area (Å²) in [5, 5.41) is 0. The fourth-order valence-electron chi connectivity index (χ4n) is 1.56. The number of methoxy groups -OCH3 is 1. The molecular weight excluding hydrogens is 182 g/mol. The lowest BCUT2D eigenvalue weighted by molar-refractivity contribution is 0.0341. The highest BCUT2D eigenvalue weighted by Gasteiger charge is 2.12. The van der Waals surface area contributed by atoms with Gasteiger partial charge in [0.15, 0.2) is 0 Å². The Morgan fingerprint density at radius 1 is 1.43 bits per heavy atom. The molecule has 0 unspecified atom stereocenters. The third kappa shape index (κ3) is 2.27. The van der Waals surface area contributed by atoms with E-state index in [1.165, 1.54) is 0 Å². The summed E-state index contributed by atoms with van der Waals surface area (Å²) in [5.74, 6) is 0.577. The van der Waals surface area contributed by atoms with Crippen LogP contribution in [0.4, 0.5) is 0 Å². The molecule has 1 saturated heterocycles. The van der Waals surface area contributed by atoms with Crippen LogP contribution in [0, 0.1) is 0 Å². The SMILES string of the molecule is COc1cc(CN2CCOCC2)co1. The van der Waals surface area contributed by atoms with Crippen LogP contribution in [0.2, 0.25) is 0 Å². The van der Waals surface area contributed by atoms with E-state index in [1.54, 1.807) is 13.4 Å². The molecule has 0 atom stereocenters. The van der Waals surface area contributed by atoms with E-state index in [0.29, 0.717) is 5.95 Å². The van der Waals surface area contributed by atoms with E-state index >= 15 is 0 Å². The second kappa shape index (κ2) is 4.48. The molecule has 0 radical (unpaired) electrons. The predicted molar refractivity (Wildman–Crippen MR) is 51.4 cm³/mol. The van der Waals surface area contributed by atoms with E-state index in [2.05, 4.69) is 4.90 Å². The van der Waals surface area contributed by atoms with Gasteiger partial charge in [-0.2, -0.15) is 0 Å². The largest absolute Gasteiger partial charge is 0.468 e. The number of hydrogen-bond acceptors (Lipinski definition) is 4. The van der Waals surface area contributed by atoms with Gasteiger partial charge in [0.25, 0.3) is 5.95 Å². The monoisotopic (exact) mass is 197 g/mol. The summed E-state index contributed by atoms with van der Waals surface area (Å²) in [6.07, 6.45) is 1.74. The van der Waals surface area contributed by atoms with Crippen molar-refractivity contribution in [3.05, 3.63) is 17.9 Å². The van der Waals surface area contributed by atoms with E-state index < -0.39 is 0 Å². The van der Waals surface area contributed by atoms with Gasteiger partial charge in [0.05, 0.1) is 26.6 Å². The van der Waals surface area contributed by atoms with Crippen molar-refractivity contribution in [3.8, 4) is 5.95 Å². The van der Waals surface area contributed by atoms with Crippen LogP contribution in [0.15, 0.2) is 16.7 Å². The Kier molecular flexibility index (Phi) is 3.06. The van der Waals surface area contributed by atoms with Crippen LogP contribution in [0.3, 0.4) is 0 Å². The molecular formula is C10H15NO3. The Hall–Kier alpha value is -1.00. The van der Waals surface area contributed by atoms with E-state index in [0.717, 1.165) is 38.4 Å². The molecule has 0 spiro atoms. The number of nitrogens with zero attached hydrogens (tertiary/aromatic N) is 1. The Labute approximate surface area is 83.4 Å². The molecule has 2 heterocycles. The Bertz CT molecular complexity index is 279. The van der Waals surface area contributed by atoms with Crippen LogP contribution >= 0.6 is 0 Å². The average molecular weight is 197 g/mol. The van der Waals surface area contributed by atoms with Gasteiger partial charge < -0.3 is 13.9 Å².